The molecular weight excluding hydrogens is 460 g/mol. The first-order chi connectivity index (χ1) is 18.1. The molecule has 37 heavy (non-hydrogen) atoms. The van der Waals surface area contributed by atoms with Gasteiger partial charge in [0.2, 0.25) is 5.91 Å². The second kappa shape index (κ2) is 15.5. The lowest BCUT2D eigenvalue weighted by Crippen LogP contribution is -2.43. The van der Waals surface area contributed by atoms with Crippen molar-refractivity contribution in [3.05, 3.63) is 53.3 Å². The Morgan fingerprint density at radius 1 is 1.22 bits per heavy atom. The van der Waals surface area contributed by atoms with E-state index in [1.54, 1.807) is 7.11 Å². The summed E-state index contributed by atoms with van der Waals surface area (Å²) in [6.07, 6.45) is 12.2. The lowest BCUT2D eigenvalue weighted by atomic mass is 9.99. The molecule has 0 N–H and O–H groups in total. The average molecular weight is 507 g/mol. The Hall–Kier alpha value is -2.71. The summed E-state index contributed by atoms with van der Waals surface area (Å²) in [5, 5.41) is 0. The van der Waals surface area contributed by atoms with Crippen molar-refractivity contribution < 1.29 is 14.3 Å². The standard InChI is InChI=1S/C32H46N2O3/c1-5-8-20-33(21-9-6-2)32(35)25-34-24-26(13-12-15-28-19-22-37-30(28)7-3)23-29(34)18-17-27-14-10-11-16-31(27)36-4/h7,10-11,14-16,26,29H,5-6,8-9,17-25H2,1-4H3/b28-15-,30-7+/t26-,29+/m1/s1. The maximum Gasteiger partial charge on any atom is 0.236 e. The van der Waals surface area contributed by atoms with Gasteiger partial charge in [-0.3, -0.25) is 9.69 Å². The second-order valence-electron chi connectivity index (χ2n) is 10.2. The van der Waals surface area contributed by atoms with Crippen LogP contribution >= 0.6 is 0 Å². The summed E-state index contributed by atoms with van der Waals surface area (Å²) in [4.78, 5) is 17.9. The predicted octanol–water partition coefficient (Wildman–Crippen LogP) is 6.00. The van der Waals surface area contributed by atoms with Crippen molar-refractivity contribution in [2.45, 2.75) is 78.2 Å². The van der Waals surface area contributed by atoms with Crippen LogP contribution in [0.4, 0.5) is 0 Å². The molecule has 1 amide bonds. The summed E-state index contributed by atoms with van der Waals surface area (Å²) in [5.74, 6) is 9.26. The van der Waals surface area contributed by atoms with Gasteiger partial charge in [0.05, 0.1) is 20.3 Å². The van der Waals surface area contributed by atoms with Crippen LogP contribution in [0.15, 0.2) is 47.7 Å². The van der Waals surface area contributed by atoms with Crippen LogP contribution in [-0.2, 0) is 16.0 Å². The molecule has 0 bridgehead atoms. The van der Waals surface area contributed by atoms with Crippen LogP contribution in [0.2, 0.25) is 0 Å². The quantitative estimate of drug-likeness (QED) is 0.326. The van der Waals surface area contributed by atoms with Crippen molar-refractivity contribution in [2.24, 2.45) is 5.92 Å². The lowest BCUT2D eigenvalue weighted by molar-refractivity contribution is -0.132. The Morgan fingerprint density at radius 2 is 1.97 bits per heavy atom. The highest BCUT2D eigenvalue weighted by molar-refractivity contribution is 5.78. The molecular formula is C32H46N2O3. The second-order valence-corrected chi connectivity index (χ2v) is 10.2. The first-order valence-electron chi connectivity index (χ1n) is 14.2. The molecule has 202 valence electrons. The number of amides is 1. The van der Waals surface area contributed by atoms with E-state index in [2.05, 4.69) is 47.6 Å². The molecule has 2 aliphatic rings. The van der Waals surface area contributed by atoms with E-state index in [9.17, 15) is 4.79 Å². The summed E-state index contributed by atoms with van der Waals surface area (Å²) in [6.45, 7) is 10.2. The Labute approximate surface area is 224 Å². The van der Waals surface area contributed by atoms with Gasteiger partial charge in [0, 0.05) is 43.6 Å². The molecule has 1 aromatic rings. The molecule has 0 radical (unpaired) electrons. The Balaban J connectivity index is 1.71. The van der Waals surface area contributed by atoms with E-state index in [-0.39, 0.29) is 11.8 Å². The molecule has 5 nitrogen and oxygen atoms in total. The molecule has 1 aromatic carbocycles. The number of aryl methyl sites for hydroxylation is 1. The maximum absolute atomic E-state index is 13.4. The third-order valence-electron chi connectivity index (χ3n) is 7.46. The van der Waals surface area contributed by atoms with Crippen LogP contribution in [0.3, 0.4) is 0 Å². The largest absolute Gasteiger partial charge is 0.496 e. The molecule has 2 atom stereocenters. The number of hydrogen-bond acceptors (Lipinski definition) is 4. The number of carbonyl (C=O) groups is 1. The Kier molecular flexibility index (Phi) is 12.1. The van der Waals surface area contributed by atoms with E-state index in [0.29, 0.717) is 12.6 Å². The highest BCUT2D eigenvalue weighted by Crippen LogP contribution is 2.29. The number of carbonyl (C=O) groups excluding carboxylic acids is 1. The minimum atomic E-state index is 0.265. The van der Waals surface area contributed by atoms with Crippen LogP contribution in [0, 0.1) is 17.8 Å². The van der Waals surface area contributed by atoms with E-state index in [1.807, 2.05) is 31.2 Å². The number of para-hydroxylation sites is 1. The van der Waals surface area contributed by atoms with Crippen LogP contribution in [0.25, 0.3) is 0 Å². The molecule has 3 rings (SSSR count). The van der Waals surface area contributed by atoms with E-state index in [4.69, 9.17) is 9.47 Å². The number of unbranched alkanes of at least 4 members (excludes halogenated alkanes) is 2. The van der Waals surface area contributed by atoms with Crippen molar-refractivity contribution in [2.75, 3.05) is 39.9 Å². The summed E-state index contributed by atoms with van der Waals surface area (Å²) >= 11 is 0. The zero-order chi connectivity index (χ0) is 26.5. The normalized spacial score (nSPS) is 21.6. The number of likely N-dealkylation sites (tertiary alicyclic amines) is 1. The zero-order valence-electron chi connectivity index (χ0n) is 23.4. The first kappa shape index (κ1) is 28.9. The number of rotatable bonds is 12. The predicted molar refractivity (Wildman–Crippen MR) is 151 cm³/mol. The molecule has 2 heterocycles. The summed E-state index contributed by atoms with van der Waals surface area (Å²) in [7, 11) is 1.73. The Bertz CT molecular complexity index is 979. The van der Waals surface area contributed by atoms with Crippen LogP contribution in [-0.4, -0.2) is 61.6 Å². The van der Waals surface area contributed by atoms with Gasteiger partial charge >= 0.3 is 0 Å². The number of nitrogens with zero attached hydrogens (tertiary/aromatic N) is 2. The molecule has 0 aliphatic carbocycles. The third kappa shape index (κ3) is 8.68. The first-order valence-corrected chi connectivity index (χ1v) is 14.2. The fourth-order valence-electron chi connectivity index (χ4n) is 5.29. The number of allylic oxidation sites excluding steroid dienone is 3. The number of hydrogen-bond donors (Lipinski definition) is 0. The van der Waals surface area contributed by atoms with Gasteiger partial charge in [-0.05, 0) is 62.8 Å². The van der Waals surface area contributed by atoms with Gasteiger partial charge in [-0.25, -0.2) is 0 Å². The SMILES string of the molecule is C/C=C1/OCC/C1=C/C#C[C@@H]1C[C@H](CCc2ccccc2OC)N(CC(=O)N(CCCC)CCCC)C1. The maximum atomic E-state index is 13.4. The van der Waals surface area contributed by atoms with E-state index in [0.717, 1.165) is 89.1 Å². The van der Waals surface area contributed by atoms with Gasteiger partial charge < -0.3 is 14.4 Å². The molecule has 2 saturated heterocycles. The smallest absolute Gasteiger partial charge is 0.236 e. The fraction of sp³-hybridized carbons (Fsp3) is 0.594. The van der Waals surface area contributed by atoms with Crippen LogP contribution in [0.1, 0.15) is 71.3 Å². The monoisotopic (exact) mass is 506 g/mol. The zero-order valence-corrected chi connectivity index (χ0v) is 23.4. The summed E-state index contributed by atoms with van der Waals surface area (Å²) < 4.78 is 11.2. The average Bonchev–Trinajstić information content (AvgIpc) is 3.53. The minimum absolute atomic E-state index is 0.265. The van der Waals surface area contributed by atoms with Crippen molar-refractivity contribution in [3.8, 4) is 17.6 Å². The van der Waals surface area contributed by atoms with Crippen molar-refractivity contribution in [1.29, 1.82) is 0 Å². The fourth-order valence-corrected chi connectivity index (χ4v) is 5.29. The molecule has 2 aliphatic heterocycles. The van der Waals surface area contributed by atoms with E-state index < -0.39 is 0 Å². The van der Waals surface area contributed by atoms with Gasteiger partial charge in [-0.1, -0.05) is 56.7 Å². The van der Waals surface area contributed by atoms with Crippen LogP contribution in [0.5, 0.6) is 5.75 Å². The molecule has 0 aromatic heterocycles. The molecule has 2 fully saturated rings. The number of ether oxygens (including phenoxy) is 2. The Morgan fingerprint density at radius 3 is 2.68 bits per heavy atom. The van der Waals surface area contributed by atoms with Gasteiger partial charge in [-0.15, -0.1) is 0 Å². The molecule has 5 heteroatoms. The van der Waals surface area contributed by atoms with Crippen molar-refractivity contribution >= 4 is 5.91 Å². The third-order valence-corrected chi connectivity index (χ3v) is 7.46. The number of methoxy groups -OCH3 is 1. The van der Waals surface area contributed by atoms with E-state index >= 15 is 0 Å². The minimum Gasteiger partial charge on any atom is -0.496 e. The van der Waals surface area contributed by atoms with E-state index in [1.165, 1.54) is 11.1 Å². The van der Waals surface area contributed by atoms with Gasteiger partial charge in [0.15, 0.2) is 0 Å². The van der Waals surface area contributed by atoms with Gasteiger partial charge in [-0.2, -0.15) is 0 Å². The van der Waals surface area contributed by atoms with Crippen molar-refractivity contribution in [1.82, 2.24) is 9.80 Å². The van der Waals surface area contributed by atoms with Gasteiger partial charge in [0.25, 0.3) is 0 Å². The van der Waals surface area contributed by atoms with Crippen molar-refractivity contribution in [3.63, 3.8) is 0 Å². The number of benzene rings is 1. The summed E-state index contributed by atoms with van der Waals surface area (Å²) in [5.41, 5.74) is 2.42. The molecule has 0 unspecified atom stereocenters. The molecule has 0 saturated carbocycles. The lowest BCUT2D eigenvalue weighted by Gasteiger charge is -2.28. The van der Waals surface area contributed by atoms with Crippen LogP contribution < -0.4 is 4.74 Å². The van der Waals surface area contributed by atoms with Gasteiger partial charge in [0.1, 0.15) is 11.5 Å². The highest BCUT2D eigenvalue weighted by Gasteiger charge is 2.33. The topological polar surface area (TPSA) is 42.0 Å². The highest BCUT2D eigenvalue weighted by atomic mass is 16.5. The summed E-state index contributed by atoms with van der Waals surface area (Å²) in [6, 6.07) is 8.59. The molecule has 0 spiro atoms.